The number of nitrogen functional groups attached to an aromatic ring is 1. The molecule has 0 bridgehead atoms. The number of hydrogen-bond acceptors (Lipinski definition) is 4. The van der Waals surface area contributed by atoms with Crippen molar-refractivity contribution in [3.8, 4) is 0 Å². The highest BCUT2D eigenvalue weighted by molar-refractivity contribution is 7.77. The SMILES string of the molecule is CC(NC(=O)C(NS(=O)[O-])(c1ccccc1)c1ccc(N)cc1)c1ccccc1. The maximum Gasteiger partial charge on any atom is 0.250 e. The normalized spacial score (nSPS) is 15.1. The number of benzene rings is 3. The first kappa shape index (κ1) is 20.7. The van der Waals surface area contributed by atoms with Gasteiger partial charge in [0.2, 0.25) is 0 Å². The van der Waals surface area contributed by atoms with E-state index >= 15 is 0 Å². The van der Waals surface area contributed by atoms with E-state index < -0.39 is 22.7 Å². The van der Waals surface area contributed by atoms with Gasteiger partial charge in [-0.15, -0.1) is 0 Å². The zero-order chi connectivity index (χ0) is 20.9. The van der Waals surface area contributed by atoms with Crippen LogP contribution >= 0.6 is 0 Å². The number of carbonyl (C=O) groups excluding carboxylic acids is 1. The summed E-state index contributed by atoms with van der Waals surface area (Å²) in [5.74, 6) is -0.492. The highest BCUT2D eigenvalue weighted by Gasteiger charge is 2.43. The Bertz CT molecular complexity index is 981. The molecule has 3 atom stereocenters. The Morgan fingerprint density at radius 1 is 0.931 bits per heavy atom. The monoisotopic (exact) mass is 408 g/mol. The van der Waals surface area contributed by atoms with Gasteiger partial charge in [0.25, 0.3) is 5.91 Å². The highest BCUT2D eigenvalue weighted by Crippen LogP contribution is 2.32. The van der Waals surface area contributed by atoms with Crippen molar-refractivity contribution in [2.45, 2.75) is 18.5 Å². The Morgan fingerprint density at radius 2 is 1.45 bits per heavy atom. The molecule has 0 aliphatic rings. The van der Waals surface area contributed by atoms with Gasteiger partial charge in [-0.25, -0.2) is 4.72 Å². The summed E-state index contributed by atoms with van der Waals surface area (Å²) in [7, 11) is 0. The summed E-state index contributed by atoms with van der Waals surface area (Å²) in [6, 6.07) is 24.4. The molecule has 3 aromatic carbocycles. The molecule has 0 saturated heterocycles. The first-order chi connectivity index (χ1) is 13.9. The van der Waals surface area contributed by atoms with E-state index in [4.69, 9.17) is 5.73 Å². The molecule has 1 amide bonds. The van der Waals surface area contributed by atoms with E-state index in [1.807, 2.05) is 37.3 Å². The maximum atomic E-state index is 13.6. The van der Waals surface area contributed by atoms with Crippen molar-refractivity contribution < 1.29 is 13.6 Å². The third-order valence-electron chi connectivity index (χ3n) is 4.77. The van der Waals surface area contributed by atoms with Gasteiger partial charge in [-0.2, -0.15) is 0 Å². The van der Waals surface area contributed by atoms with Crippen LogP contribution in [0.1, 0.15) is 29.7 Å². The van der Waals surface area contributed by atoms with Crippen LogP contribution in [0, 0.1) is 0 Å². The van der Waals surface area contributed by atoms with Crippen LogP contribution in [-0.4, -0.2) is 14.7 Å². The predicted octanol–water partition coefficient (Wildman–Crippen LogP) is 2.77. The summed E-state index contributed by atoms with van der Waals surface area (Å²) in [6.45, 7) is 1.85. The molecule has 0 aliphatic carbocycles. The molecule has 0 saturated carbocycles. The van der Waals surface area contributed by atoms with Crippen molar-refractivity contribution in [2.75, 3.05) is 5.73 Å². The van der Waals surface area contributed by atoms with Crippen molar-refractivity contribution in [3.05, 3.63) is 102 Å². The Morgan fingerprint density at radius 3 is 2.00 bits per heavy atom. The molecular weight excluding hydrogens is 386 g/mol. The van der Waals surface area contributed by atoms with Crippen molar-refractivity contribution in [3.63, 3.8) is 0 Å². The van der Waals surface area contributed by atoms with Gasteiger partial charge in [0.15, 0.2) is 5.54 Å². The maximum absolute atomic E-state index is 13.6. The van der Waals surface area contributed by atoms with Gasteiger partial charge in [-0.05, 0) is 35.7 Å². The molecule has 0 aromatic heterocycles. The summed E-state index contributed by atoms with van der Waals surface area (Å²) in [5.41, 5.74) is 6.52. The average Bonchev–Trinajstić information content (AvgIpc) is 2.73. The lowest BCUT2D eigenvalue weighted by Crippen LogP contribution is -2.56. The van der Waals surface area contributed by atoms with E-state index in [1.165, 1.54) is 0 Å². The predicted molar refractivity (Wildman–Crippen MR) is 113 cm³/mol. The Labute approximate surface area is 172 Å². The molecule has 0 aliphatic heterocycles. The molecular formula is C22H22N3O3S-. The molecule has 0 radical (unpaired) electrons. The lowest BCUT2D eigenvalue weighted by atomic mass is 9.82. The molecule has 3 unspecified atom stereocenters. The van der Waals surface area contributed by atoms with Crippen molar-refractivity contribution in [1.82, 2.24) is 10.0 Å². The van der Waals surface area contributed by atoms with Crippen LogP contribution in [0.3, 0.4) is 0 Å². The topological polar surface area (TPSA) is 107 Å². The fourth-order valence-corrected chi connectivity index (χ4v) is 3.85. The van der Waals surface area contributed by atoms with Crippen LogP contribution in [-0.2, 0) is 21.6 Å². The zero-order valence-corrected chi connectivity index (χ0v) is 16.7. The van der Waals surface area contributed by atoms with Crippen LogP contribution < -0.4 is 15.8 Å². The van der Waals surface area contributed by atoms with Crippen molar-refractivity contribution >= 4 is 22.9 Å². The number of nitrogens with two attached hydrogens (primary N) is 1. The summed E-state index contributed by atoms with van der Waals surface area (Å²) in [4.78, 5) is 13.6. The second-order valence-electron chi connectivity index (χ2n) is 6.68. The van der Waals surface area contributed by atoms with E-state index in [1.54, 1.807) is 54.6 Å². The number of carbonyl (C=O) groups is 1. The summed E-state index contributed by atoms with van der Waals surface area (Å²) >= 11 is -2.71. The van der Waals surface area contributed by atoms with Gasteiger partial charge in [0, 0.05) is 17.0 Å². The molecule has 4 N–H and O–H groups in total. The first-order valence-corrected chi connectivity index (χ1v) is 10.2. The number of hydrogen-bond donors (Lipinski definition) is 3. The minimum atomic E-state index is -2.71. The van der Waals surface area contributed by atoms with E-state index in [0.717, 1.165) is 5.56 Å². The highest BCUT2D eigenvalue weighted by atomic mass is 32.2. The largest absolute Gasteiger partial charge is 0.760 e. The lowest BCUT2D eigenvalue weighted by Gasteiger charge is -2.36. The van der Waals surface area contributed by atoms with Crippen molar-refractivity contribution in [2.24, 2.45) is 0 Å². The summed E-state index contributed by atoms with van der Waals surface area (Å²) in [6.07, 6.45) is 0. The fourth-order valence-electron chi connectivity index (χ4n) is 3.27. The van der Waals surface area contributed by atoms with E-state index in [2.05, 4.69) is 10.0 Å². The molecule has 29 heavy (non-hydrogen) atoms. The van der Waals surface area contributed by atoms with Crippen LogP contribution in [0.2, 0.25) is 0 Å². The minimum Gasteiger partial charge on any atom is -0.760 e. The molecule has 3 aromatic rings. The number of nitrogens with one attached hydrogen (secondary N) is 2. The number of anilines is 1. The van der Waals surface area contributed by atoms with Crippen LogP contribution in [0.25, 0.3) is 0 Å². The van der Waals surface area contributed by atoms with Gasteiger partial charge in [-0.1, -0.05) is 72.8 Å². The van der Waals surface area contributed by atoms with Crippen LogP contribution in [0.5, 0.6) is 0 Å². The standard InChI is InChI=1S/C22H23N3O3S/c1-16(17-8-4-2-5-9-17)24-21(26)22(25-29(27)28,18-10-6-3-7-11-18)19-12-14-20(23)15-13-19/h2-16,25H,23H2,1H3,(H,24,26)(H,27,28)/p-1. The number of rotatable bonds is 7. The Hall–Kier alpha value is -3.00. The van der Waals surface area contributed by atoms with Gasteiger partial charge < -0.3 is 15.6 Å². The van der Waals surface area contributed by atoms with E-state index in [0.29, 0.717) is 16.8 Å². The average molecular weight is 409 g/mol. The molecule has 0 fully saturated rings. The minimum absolute atomic E-state index is 0.331. The van der Waals surface area contributed by atoms with Crippen LogP contribution in [0.15, 0.2) is 84.9 Å². The second-order valence-corrected chi connectivity index (χ2v) is 7.35. The fraction of sp³-hybridized carbons (Fsp3) is 0.136. The van der Waals surface area contributed by atoms with E-state index in [9.17, 15) is 13.6 Å². The summed E-state index contributed by atoms with van der Waals surface area (Å²) in [5, 5.41) is 2.95. The first-order valence-electron chi connectivity index (χ1n) is 9.08. The molecule has 0 heterocycles. The van der Waals surface area contributed by atoms with Crippen molar-refractivity contribution in [1.29, 1.82) is 0 Å². The Balaban J connectivity index is 2.11. The third kappa shape index (κ3) is 4.54. The lowest BCUT2D eigenvalue weighted by molar-refractivity contribution is -0.126. The van der Waals surface area contributed by atoms with Gasteiger partial charge in [0.1, 0.15) is 0 Å². The van der Waals surface area contributed by atoms with Gasteiger partial charge >= 0.3 is 0 Å². The zero-order valence-electron chi connectivity index (χ0n) is 15.9. The Kier molecular flexibility index (Phi) is 6.43. The molecule has 6 nitrogen and oxygen atoms in total. The quantitative estimate of drug-likeness (QED) is 0.413. The molecule has 3 rings (SSSR count). The van der Waals surface area contributed by atoms with E-state index in [-0.39, 0.29) is 6.04 Å². The second kappa shape index (κ2) is 9.00. The molecule has 7 heteroatoms. The van der Waals surface area contributed by atoms with Crippen LogP contribution in [0.4, 0.5) is 5.69 Å². The molecule has 0 spiro atoms. The van der Waals surface area contributed by atoms with Gasteiger partial charge in [0.05, 0.1) is 6.04 Å². The van der Waals surface area contributed by atoms with Gasteiger partial charge in [-0.3, -0.25) is 9.00 Å². The smallest absolute Gasteiger partial charge is 0.250 e. The third-order valence-corrected chi connectivity index (χ3v) is 5.25. The number of amides is 1. The summed E-state index contributed by atoms with van der Waals surface area (Å²) < 4.78 is 26.0. The molecule has 150 valence electrons.